The van der Waals surface area contributed by atoms with E-state index in [1.54, 1.807) is 11.3 Å². The second kappa shape index (κ2) is 3.82. The van der Waals surface area contributed by atoms with Crippen molar-refractivity contribution in [1.29, 1.82) is 0 Å². The molecule has 1 aliphatic heterocycles. The summed E-state index contributed by atoms with van der Waals surface area (Å²) < 4.78 is 0. The molecule has 2 heterocycles. The van der Waals surface area contributed by atoms with Crippen molar-refractivity contribution >= 4 is 17.2 Å². The van der Waals surface area contributed by atoms with Crippen molar-refractivity contribution in [3.05, 3.63) is 22.4 Å². The Morgan fingerprint density at radius 1 is 1.47 bits per heavy atom. The number of hydrogen-bond acceptors (Lipinski definition) is 3. The van der Waals surface area contributed by atoms with E-state index in [0.717, 1.165) is 0 Å². The second-order valence-electron chi connectivity index (χ2n) is 5.49. The van der Waals surface area contributed by atoms with Crippen molar-refractivity contribution in [2.75, 3.05) is 6.54 Å². The first kappa shape index (κ1) is 11.2. The third-order valence-corrected chi connectivity index (χ3v) is 4.91. The smallest absolute Gasteiger partial charge is 0.238 e. The van der Waals surface area contributed by atoms with Crippen LogP contribution in [0.5, 0.6) is 0 Å². The SMILES string of the molecule is CC(C)(C1CC1)N1C(=O)CNC1c1cccs1. The molecule has 92 valence electrons. The van der Waals surface area contributed by atoms with Gasteiger partial charge in [0.2, 0.25) is 5.91 Å². The molecule has 4 heteroatoms. The van der Waals surface area contributed by atoms with Crippen LogP contribution in [0.3, 0.4) is 0 Å². The van der Waals surface area contributed by atoms with Gasteiger partial charge in [0, 0.05) is 10.4 Å². The molecule has 1 aromatic rings. The molecule has 0 radical (unpaired) electrons. The standard InChI is InChI=1S/C13H18N2OS/c1-13(2,9-5-6-9)15-11(16)8-14-12(15)10-4-3-7-17-10/h3-4,7,9,12,14H,5-6,8H2,1-2H3. The zero-order valence-electron chi connectivity index (χ0n) is 10.3. The lowest BCUT2D eigenvalue weighted by molar-refractivity contribution is -0.134. The summed E-state index contributed by atoms with van der Waals surface area (Å²) in [4.78, 5) is 15.4. The summed E-state index contributed by atoms with van der Waals surface area (Å²) in [5.41, 5.74) is -0.0186. The minimum Gasteiger partial charge on any atom is -0.316 e. The van der Waals surface area contributed by atoms with E-state index in [-0.39, 0.29) is 17.6 Å². The number of rotatable bonds is 3. The van der Waals surface area contributed by atoms with Gasteiger partial charge < -0.3 is 4.90 Å². The van der Waals surface area contributed by atoms with Gasteiger partial charge in [-0.05, 0) is 44.1 Å². The monoisotopic (exact) mass is 250 g/mol. The molecule has 3 rings (SSSR count). The summed E-state index contributed by atoms with van der Waals surface area (Å²) in [5.74, 6) is 0.911. The molecule has 1 unspecified atom stereocenters. The Hall–Kier alpha value is -0.870. The fourth-order valence-corrected chi connectivity index (χ4v) is 3.61. The third kappa shape index (κ3) is 1.79. The van der Waals surface area contributed by atoms with E-state index in [2.05, 4.69) is 35.5 Å². The molecule has 1 amide bonds. The van der Waals surface area contributed by atoms with Crippen LogP contribution in [0.4, 0.5) is 0 Å². The first-order valence-electron chi connectivity index (χ1n) is 6.19. The number of hydrogen-bond donors (Lipinski definition) is 1. The van der Waals surface area contributed by atoms with Crippen LogP contribution in [0.1, 0.15) is 37.7 Å². The average molecular weight is 250 g/mol. The van der Waals surface area contributed by atoms with Crippen LogP contribution in [-0.2, 0) is 4.79 Å². The van der Waals surface area contributed by atoms with Gasteiger partial charge in [-0.25, -0.2) is 0 Å². The Kier molecular flexibility index (Phi) is 2.52. The predicted octanol–water partition coefficient (Wildman–Crippen LogP) is 2.37. The van der Waals surface area contributed by atoms with E-state index >= 15 is 0 Å². The maximum absolute atomic E-state index is 12.1. The van der Waals surface area contributed by atoms with Crippen LogP contribution in [0.15, 0.2) is 17.5 Å². The van der Waals surface area contributed by atoms with E-state index in [4.69, 9.17) is 0 Å². The van der Waals surface area contributed by atoms with E-state index in [1.165, 1.54) is 17.7 Å². The summed E-state index contributed by atoms with van der Waals surface area (Å²) in [7, 11) is 0. The van der Waals surface area contributed by atoms with Crippen molar-refractivity contribution in [2.45, 2.75) is 38.4 Å². The van der Waals surface area contributed by atoms with Gasteiger partial charge in [0.05, 0.1) is 6.54 Å². The molecular weight excluding hydrogens is 232 g/mol. The minimum atomic E-state index is -0.0186. The van der Waals surface area contributed by atoms with Gasteiger partial charge in [0.25, 0.3) is 0 Å². The van der Waals surface area contributed by atoms with Gasteiger partial charge in [-0.2, -0.15) is 0 Å². The van der Waals surface area contributed by atoms with Crippen molar-refractivity contribution in [1.82, 2.24) is 10.2 Å². The summed E-state index contributed by atoms with van der Waals surface area (Å²) in [6, 6.07) is 4.16. The first-order valence-corrected chi connectivity index (χ1v) is 7.07. The highest BCUT2D eigenvalue weighted by Crippen LogP contribution is 2.46. The summed E-state index contributed by atoms with van der Waals surface area (Å²) in [5, 5.41) is 5.41. The Bertz CT molecular complexity index is 423. The topological polar surface area (TPSA) is 32.3 Å². The molecule has 1 atom stereocenters. The highest BCUT2D eigenvalue weighted by atomic mass is 32.1. The molecule has 0 bridgehead atoms. The molecule has 2 fully saturated rings. The highest BCUT2D eigenvalue weighted by Gasteiger charge is 2.49. The number of amides is 1. The van der Waals surface area contributed by atoms with Crippen LogP contribution < -0.4 is 5.32 Å². The predicted molar refractivity (Wildman–Crippen MR) is 68.7 cm³/mol. The molecule has 1 saturated heterocycles. The molecule has 1 N–H and O–H groups in total. The number of carbonyl (C=O) groups excluding carboxylic acids is 1. The summed E-state index contributed by atoms with van der Waals surface area (Å²) in [6.45, 7) is 4.88. The minimum absolute atomic E-state index is 0.0186. The van der Waals surface area contributed by atoms with Gasteiger partial charge in [0.1, 0.15) is 6.17 Å². The molecule has 1 saturated carbocycles. The molecular formula is C13H18N2OS. The summed E-state index contributed by atoms with van der Waals surface area (Å²) in [6.07, 6.45) is 2.60. The van der Waals surface area contributed by atoms with Gasteiger partial charge in [0.15, 0.2) is 0 Å². The van der Waals surface area contributed by atoms with Crippen molar-refractivity contribution in [3.8, 4) is 0 Å². The number of thiophene rings is 1. The van der Waals surface area contributed by atoms with Gasteiger partial charge in [-0.15, -0.1) is 11.3 Å². The molecule has 2 aliphatic rings. The Morgan fingerprint density at radius 3 is 2.82 bits per heavy atom. The largest absolute Gasteiger partial charge is 0.316 e. The molecule has 17 heavy (non-hydrogen) atoms. The van der Waals surface area contributed by atoms with E-state index < -0.39 is 0 Å². The van der Waals surface area contributed by atoms with Crippen LogP contribution in [0, 0.1) is 5.92 Å². The molecule has 1 aromatic heterocycles. The van der Waals surface area contributed by atoms with Crippen LogP contribution in [0.25, 0.3) is 0 Å². The first-order chi connectivity index (χ1) is 8.10. The zero-order valence-corrected chi connectivity index (χ0v) is 11.1. The highest BCUT2D eigenvalue weighted by molar-refractivity contribution is 7.10. The lowest BCUT2D eigenvalue weighted by atomic mass is 9.95. The summed E-state index contributed by atoms with van der Waals surface area (Å²) >= 11 is 1.72. The quantitative estimate of drug-likeness (QED) is 0.893. The Labute approximate surface area is 106 Å². The van der Waals surface area contributed by atoms with E-state index in [9.17, 15) is 4.79 Å². The lowest BCUT2D eigenvalue weighted by Crippen LogP contribution is -2.48. The molecule has 3 nitrogen and oxygen atoms in total. The Morgan fingerprint density at radius 2 is 2.24 bits per heavy atom. The second-order valence-corrected chi connectivity index (χ2v) is 6.47. The maximum Gasteiger partial charge on any atom is 0.238 e. The van der Waals surface area contributed by atoms with Crippen LogP contribution in [0.2, 0.25) is 0 Å². The van der Waals surface area contributed by atoms with Gasteiger partial charge >= 0.3 is 0 Å². The zero-order chi connectivity index (χ0) is 12.0. The number of nitrogens with zero attached hydrogens (tertiary/aromatic N) is 1. The lowest BCUT2D eigenvalue weighted by Gasteiger charge is -2.39. The average Bonchev–Trinajstić information content (AvgIpc) is 2.87. The molecule has 0 spiro atoms. The normalized spacial score (nSPS) is 25.6. The number of carbonyl (C=O) groups is 1. The van der Waals surface area contributed by atoms with E-state index in [1.807, 2.05) is 6.07 Å². The van der Waals surface area contributed by atoms with Crippen LogP contribution >= 0.6 is 11.3 Å². The van der Waals surface area contributed by atoms with E-state index in [0.29, 0.717) is 12.5 Å². The molecule has 1 aliphatic carbocycles. The fraction of sp³-hybridized carbons (Fsp3) is 0.615. The van der Waals surface area contributed by atoms with Crippen LogP contribution in [-0.4, -0.2) is 22.9 Å². The van der Waals surface area contributed by atoms with Crippen molar-refractivity contribution in [3.63, 3.8) is 0 Å². The maximum atomic E-state index is 12.1. The van der Waals surface area contributed by atoms with Crippen molar-refractivity contribution in [2.24, 2.45) is 5.92 Å². The van der Waals surface area contributed by atoms with Gasteiger partial charge in [-0.1, -0.05) is 6.07 Å². The number of nitrogens with one attached hydrogen (secondary N) is 1. The van der Waals surface area contributed by atoms with Gasteiger partial charge in [-0.3, -0.25) is 10.1 Å². The third-order valence-electron chi connectivity index (χ3n) is 3.98. The fourth-order valence-electron chi connectivity index (χ4n) is 2.82. The van der Waals surface area contributed by atoms with Crippen molar-refractivity contribution < 1.29 is 4.79 Å². The molecule has 0 aromatic carbocycles. The Balaban J connectivity index is 1.91.